The van der Waals surface area contributed by atoms with Crippen LogP contribution in [-0.2, 0) is 17.6 Å². The summed E-state index contributed by atoms with van der Waals surface area (Å²) >= 11 is 0. The Labute approximate surface area is 153 Å². The van der Waals surface area contributed by atoms with Crippen molar-refractivity contribution in [1.82, 2.24) is 0 Å². The van der Waals surface area contributed by atoms with E-state index in [1.165, 1.54) is 62.5 Å². The van der Waals surface area contributed by atoms with Gasteiger partial charge in [0.15, 0.2) is 0 Å². The molecule has 2 fully saturated rings. The summed E-state index contributed by atoms with van der Waals surface area (Å²) in [4.78, 5) is 11.2. The highest BCUT2D eigenvalue weighted by Crippen LogP contribution is 2.50. The third-order valence-electron chi connectivity index (χ3n) is 6.19. The molecule has 0 aliphatic heterocycles. The van der Waals surface area contributed by atoms with Crippen LogP contribution in [0.3, 0.4) is 0 Å². The lowest BCUT2D eigenvalue weighted by molar-refractivity contribution is -0.143. The molecule has 0 spiro atoms. The van der Waals surface area contributed by atoms with Gasteiger partial charge in [0.1, 0.15) is 0 Å². The van der Waals surface area contributed by atoms with Gasteiger partial charge in [-0.2, -0.15) is 0 Å². The molecule has 2 aliphatic rings. The Hall–Kier alpha value is -1.31. The maximum Gasteiger partial charge on any atom is 0.309 e. The van der Waals surface area contributed by atoms with Crippen LogP contribution >= 0.6 is 0 Å². The second-order valence-corrected chi connectivity index (χ2v) is 8.51. The van der Waals surface area contributed by atoms with Gasteiger partial charge in [0.25, 0.3) is 0 Å². The number of rotatable bonds is 13. The maximum atomic E-state index is 11.2. The van der Waals surface area contributed by atoms with Crippen molar-refractivity contribution in [2.24, 2.45) is 11.3 Å². The predicted octanol–water partition coefficient (Wildman–Crippen LogP) is 6.17. The van der Waals surface area contributed by atoms with E-state index in [4.69, 9.17) is 0 Å². The Kier molecular flexibility index (Phi) is 6.56. The molecule has 0 amide bonds. The molecule has 2 nitrogen and oxygen atoms in total. The minimum atomic E-state index is -0.577. The van der Waals surface area contributed by atoms with Crippen molar-refractivity contribution in [3.63, 3.8) is 0 Å². The first-order valence-corrected chi connectivity index (χ1v) is 10.5. The lowest BCUT2D eigenvalue weighted by atomic mass is 9.96. The Morgan fingerprint density at radius 1 is 0.960 bits per heavy atom. The third-order valence-corrected chi connectivity index (χ3v) is 6.19. The number of carboxylic acid groups (broad SMARTS) is 1. The van der Waals surface area contributed by atoms with E-state index in [1.807, 2.05) is 0 Å². The smallest absolute Gasteiger partial charge is 0.309 e. The summed E-state index contributed by atoms with van der Waals surface area (Å²) in [5.41, 5.74) is 2.55. The van der Waals surface area contributed by atoms with Crippen molar-refractivity contribution in [3.8, 4) is 0 Å². The molecule has 0 unspecified atom stereocenters. The zero-order valence-electron chi connectivity index (χ0n) is 15.6. The predicted molar refractivity (Wildman–Crippen MR) is 103 cm³/mol. The number of hydrogen-bond acceptors (Lipinski definition) is 1. The number of hydrogen-bond donors (Lipinski definition) is 1. The van der Waals surface area contributed by atoms with Gasteiger partial charge in [0.2, 0.25) is 0 Å². The summed E-state index contributed by atoms with van der Waals surface area (Å²) in [6.45, 7) is 0. The molecule has 1 aromatic rings. The number of carbonyl (C=O) groups is 1. The molecule has 138 valence electrons. The fourth-order valence-electron chi connectivity index (χ4n) is 3.98. The van der Waals surface area contributed by atoms with Gasteiger partial charge in [-0.15, -0.1) is 0 Å². The van der Waals surface area contributed by atoms with E-state index in [0.29, 0.717) is 0 Å². The maximum absolute atomic E-state index is 11.2. The van der Waals surface area contributed by atoms with Crippen LogP contribution in [0.25, 0.3) is 0 Å². The molecule has 2 saturated carbocycles. The van der Waals surface area contributed by atoms with Gasteiger partial charge in [0.05, 0.1) is 5.41 Å². The standard InChI is InChI=1S/C23H34O2/c24-22(25)23(16-17-23)15-6-5-10-21-12-7-11-20(18-21)9-4-2-1-3-8-19-13-14-19/h7,11-12,18-19H,1-6,8-10,13-17H2,(H,24,25). The SMILES string of the molecule is O=C(O)C1(CCCCc2cccc(CCCCCCC3CC3)c2)CC1. The summed E-state index contributed by atoms with van der Waals surface area (Å²) in [6, 6.07) is 9.05. The Morgan fingerprint density at radius 3 is 2.20 bits per heavy atom. The number of unbranched alkanes of at least 4 members (excludes halogenated alkanes) is 4. The molecule has 0 atom stereocenters. The largest absolute Gasteiger partial charge is 0.481 e. The van der Waals surface area contributed by atoms with Crippen LogP contribution in [0, 0.1) is 11.3 Å². The molecule has 3 rings (SSSR count). The molecule has 0 aromatic heterocycles. The van der Waals surface area contributed by atoms with Gasteiger partial charge in [-0.05, 0) is 62.0 Å². The molecule has 25 heavy (non-hydrogen) atoms. The van der Waals surface area contributed by atoms with Gasteiger partial charge < -0.3 is 5.11 Å². The fraction of sp³-hybridized carbons (Fsp3) is 0.696. The average Bonchev–Trinajstić information content (AvgIpc) is 3.51. The Morgan fingerprint density at radius 2 is 1.60 bits per heavy atom. The average molecular weight is 343 g/mol. The molecular weight excluding hydrogens is 308 g/mol. The Balaban J connectivity index is 1.28. The molecular formula is C23H34O2. The highest BCUT2D eigenvalue weighted by molar-refractivity contribution is 5.77. The van der Waals surface area contributed by atoms with Crippen LogP contribution in [-0.4, -0.2) is 11.1 Å². The van der Waals surface area contributed by atoms with Gasteiger partial charge in [-0.25, -0.2) is 0 Å². The number of aliphatic carboxylic acids is 1. The van der Waals surface area contributed by atoms with Crippen LogP contribution in [0.15, 0.2) is 24.3 Å². The molecule has 0 heterocycles. The number of carboxylic acids is 1. The van der Waals surface area contributed by atoms with Crippen LogP contribution in [0.2, 0.25) is 0 Å². The molecule has 1 aromatic carbocycles. The fourth-order valence-corrected chi connectivity index (χ4v) is 3.98. The first-order chi connectivity index (χ1) is 12.2. The molecule has 2 heteroatoms. The van der Waals surface area contributed by atoms with E-state index < -0.39 is 5.97 Å². The van der Waals surface area contributed by atoms with Crippen molar-refractivity contribution < 1.29 is 9.90 Å². The molecule has 0 bridgehead atoms. The van der Waals surface area contributed by atoms with E-state index in [0.717, 1.165) is 44.4 Å². The van der Waals surface area contributed by atoms with E-state index in [9.17, 15) is 9.90 Å². The number of benzene rings is 1. The minimum absolute atomic E-state index is 0.346. The highest BCUT2D eigenvalue weighted by Gasteiger charge is 2.49. The van der Waals surface area contributed by atoms with Crippen LogP contribution < -0.4 is 0 Å². The van der Waals surface area contributed by atoms with Crippen molar-refractivity contribution in [1.29, 1.82) is 0 Å². The third kappa shape index (κ3) is 6.17. The van der Waals surface area contributed by atoms with Crippen LogP contribution in [0.4, 0.5) is 0 Å². The topological polar surface area (TPSA) is 37.3 Å². The van der Waals surface area contributed by atoms with E-state index in [2.05, 4.69) is 24.3 Å². The van der Waals surface area contributed by atoms with Gasteiger partial charge >= 0.3 is 5.97 Å². The monoisotopic (exact) mass is 342 g/mol. The molecule has 0 radical (unpaired) electrons. The summed E-state index contributed by atoms with van der Waals surface area (Å²) in [5, 5.41) is 9.22. The van der Waals surface area contributed by atoms with E-state index in [1.54, 1.807) is 0 Å². The minimum Gasteiger partial charge on any atom is -0.481 e. The van der Waals surface area contributed by atoms with Crippen molar-refractivity contribution in [3.05, 3.63) is 35.4 Å². The van der Waals surface area contributed by atoms with Gasteiger partial charge in [0, 0.05) is 0 Å². The van der Waals surface area contributed by atoms with Crippen molar-refractivity contribution >= 4 is 5.97 Å². The summed E-state index contributed by atoms with van der Waals surface area (Å²) < 4.78 is 0. The van der Waals surface area contributed by atoms with Crippen LogP contribution in [0.1, 0.15) is 88.2 Å². The highest BCUT2D eigenvalue weighted by atomic mass is 16.4. The molecule has 0 saturated heterocycles. The summed E-state index contributed by atoms with van der Waals surface area (Å²) in [5.74, 6) is 0.508. The number of aryl methyl sites for hydroxylation is 2. The quantitative estimate of drug-likeness (QED) is 0.435. The second-order valence-electron chi connectivity index (χ2n) is 8.51. The zero-order valence-corrected chi connectivity index (χ0v) is 15.6. The first-order valence-electron chi connectivity index (χ1n) is 10.5. The molecule has 2 aliphatic carbocycles. The zero-order chi connectivity index (χ0) is 17.5. The van der Waals surface area contributed by atoms with Gasteiger partial charge in [-0.1, -0.05) is 69.2 Å². The van der Waals surface area contributed by atoms with Crippen molar-refractivity contribution in [2.45, 2.75) is 89.9 Å². The van der Waals surface area contributed by atoms with Gasteiger partial charge in [-0.3, -0.25) is 4.79 Å². The lowest BCUT2D eigenvalue weighted by Crippen LogP contribution is -2.14. The van der Waals surface area contributed by atoms with E-state index >= 15 is 0 Å². The van der Waals surface area contributed by atoms with Crippen LogP contribution in [0.5, 0.6) is 0 Å². The second kappa shape index (κ2) is 8.87. The molecule has 1 N–H and O–H groups in total. The van der Waals surface area contributed by atoms with E-state index in [-0.39, 0.29) is 5.41 Å². The Bertz CT molecular complexity index is 555. The first kappa shape index (κ1) is 18.5. The van der Waals surface area contributed by atoms with Crippen molar-refractivity contribution in [2.75, 3.05) is 0 Å². The normalized spacial score (nSPS) is 18.2. The summed E-state index contributed by atoms with van der Waals surface area (Å²) in [7, 11) is 0. The summed E-state index contributed by atoms with van der Waals surface area (Å²) in [6.07, 6.45) is 17.1. The lowest BCUT2D eigenvalue weighted by Gasteiger charge is -2.09.